The van der Waals surface area contributed by atoms with Crippen LogP contribution >= 0.6 is 23.1 Å². The second-order valence-electron chi connectivity index (χ2n) is 5.19. The lowest BCUT2D eigenvalue weighted by atomic mass is 10.2. The van der Waals surface area contributed by atoms with Gasteiger partial charge >= 0.3 is 0 Å². The topological polar surface area (TPSA) is 30.2 Å². The van der Waals surface area contributed by atoms with Crippen molar-refractivity contribution in [3.05, 3.63) is 59.0 Å². The first-order valence-corrected chi connectivity index (χ1v) is 9.25. The Morgan fingerprint density at radius 3 is 2.87 bits per heavy atom. The van der Waals surface area contributed by atoms with Gasteiger partial charge in [0.15, 0.2) is 0 Å². The van der Waals surface area contributed by atoms with Gasteiger partial charge in [-0.25, -0.2) is 4.39 Å². The number of hydrogen-bond acceptors (Lipinski definition) is 4. The minimum Gasteiger partial charge on any atom is -0.293 e. The van der Waals surface area contributed by atoms with Crippen LogP contribution < -0.4 is 0 Å². The van der Waals surface area contributed by atoms with Gasteiger partial charge in [0.25, 0.3) is 0 Å². The van der Waals surface area contributed by atoms with Gasteiger partial charge < -0.3 is 0 Å². The zero-order chi connectivity index (χ0) is 15.8. The summed E-state index contributed by atoms with van der Waals surface area (Å²) in [5.74, 6) is 1.32. The number of thiophene rings is 1. The number of hydrogen-bond donors (Lipinski definition) is 0. The smallest absolute Gasteiger partial charge is 0.143 e. The maximum atomic E-state index is 13.8. The molecule has 4 aromatic rings. The summed E-state index contributed by atoms with van der Waals surface area (Å²) in [6, 6.07) is 11.1. The van der Waals surface area contributed by atoms with E-state index in [1.54, 1.807) is 17.4 Å². The first-order valence-electron chi connectivity index (χ1n) is 7.38. The summed E-state index contributed by atoms with van der Waals surface area (Å²) in [5, 5.41) is 11.7. The van der Waals surface area contributed by atoms with Gasteiger partial charge in [0.1, 0.15) is 16.7 Å². The Morgan fingerprint density at radius 1 is 1.17 bits per heavy atom. The van der Waals surface area contributed by atoms with Crippen LogP contribution in [-0.2, 0) is 12.2 Å². The van der Waals surface area contributed by atoms with E-state index in [1.807, 2.05) is 12.1 Å². The average molecular weight is 343 g/mol. The minimum absolute atomic E-state index is 0.175. The van der Waals surface area contributed by atoms with Gasteiger partial charge in [-0.15, -0.1) is 21.5 Å². The van der Waals surface area contributed by atoms with E-state index in [0.717, 1.165) is 22.8 Å². The van der Waals surface area contributed by atoms with Crippen LogP contribution in [0, 0.1) is 5.82 Å². The number of benzene rings is 1. The quantitative estimate of drug-likeness (QED) is 0.492. The lowest BCUT2D eigenvalue weighted by Crippen LogP contribution is -2.03. The Morgan fingerprint density at radius 2 is 2.04 bits per heavy atom. The molecule has 3 nitrogen and oxygen atoms in total. The van der Waals surface area contributed by atoms with Crippen molar-refractivity contribution in [2.75, 3.05) is 0 Å². The molecule has 0 atom stereocenters. The van der Waals surface area contributed by atoms with Crippen molar-refractivity contribution in [2.45, 2.75) is 24.1 Å². The molecule has 116 valence electrons. The van der Waals surface area contributed by atoms with Crippen LogP contribution in [0.15, 0.2) is 46.8 Å². The maximum absolute atomic E-state index is 13.8. The van der Waals surface area contributed by atoms with Gasteiger partial charge in [0, 0.05) is 12.2 Å². The molecule has 0 bridgehead atoms. The molecule has 3 aromatic heterocycles. The standard InChI is InChI=1S/C17H14FN3S2/c1-2-16-19-20-17(23-10-11-5-3-4-6-12(11)18)14-9-15-13(21(14)16)7-8-22-15/h3-9H,2,10H2,1H3. The molecule has 0 aliphatic rings. The van der Waals surface area contributed by atoms with Crippen LogP contribution in [0.5, 0.6) is 0 Å². The van der Waals surface area contributed by atoms with Crippen molar-refractivity contribution in [1.82, 2.24) is 14.6 Å². The molecule has 0 saturated heterocycles. The molecular formula is C17H14FN3S2. The van der Waals surface area contributed by atoms with Crippen LogP contribution in [0.2, 0.25) is 0 Å². The fourth-order valence-electron chi connectivity index (χ4n) is 2.65. The normalized spacial score (nSPS) is 11.6. The maximum Gasteiger partial charge on any atom is 0.143 e. The highest BCUT2D eigenvalue weighted by molar-refractivity contribution is 7.98. The van der Waals surface area contributed by atoms with E-state index in [1.165, 1.54) is 28.0 Å². The van der Waals surface area contributed by atoms with Gasteiger partial charge in [0.2, 0.25) is 0 Å². The van der Waals surface area contributed by atoms with E-state index in [-0.39, 0.29) is 5.82 Å². The second-order valence-corrected chi connectivity index (χ2v) is 7.10. The SMILES string of the molecule is CCc1nnc(SCc2ccccc2F)c2cc3sccc3n12. The highest BCUT2D eigenvalue weighted by atomic mass is 32.2. The Labute approximate surface area is 141 Å². The van der Waals surface area contributed by atoms with Crippen molar-refractivity contribution < 1.29 is 4.39 Å². The number of fused-ring (bicyclic) bond motifs is 3. The molecule has 6 heteroatoms. The number of halogens is 1. The van der Waals surface area contributed by atoms with Crippen molar-refractivity contribution in [2.24, 2.45) is 0 Å². The van der Waals surface area contributed by atoms with Crippen LogP contribution in [0.25, 0.3) is 15.7 Å². The van der Waals surface area contributed by atoms with Gasteiger partial charge in [-0.05, 0) is 29.1 Å². The van der Waals surface area contributed by atoms with Gasteiger partial charge in [-0.2, -0.15) is 0 Å². The van der Waals surface area contributed by atoms with Crippen molar-refractivity contribution in [3.8, 4) is 0 Å². The Hall–Kier alpha value is -1.92. The summed E-state index contributed by atoms with van der Waals surface area (Å²) < 4.78 is 17.2. The average Bonchev–Trinajstić information content (AvgIpc) is 3.15. The molecule has 0 aliphatic carbocycles. The second kappa shape index (κ2) is 5.94. The summed E-state index contributed by atoms with van der Waals surface area (Å²) in [7, 11) is 0. The third-order valence-electron chi connectivity index (χ3n) is 3.79. The molecular weight excluding hydrogens is 329 g/mol. The third kappa shape index (κ3) is 2.52. The summed E-state index contributed by atoms with van der Waals surface area (Å²) in [6.45, 7) is 2.08. The predicted octanol–water partition coefficient (Wildman–Crippen LogP) is 4.94. The molecule has 0 spiro atoms. The fraction of sp³-hybridized carbons (Fsp3) is 0.176. The van der Waals surface area contributed by atoms with Crippen molar-refractivity contribution in [1.29, 1.82) is 0 Å². The number of aryl methyl sites for hydroxylation is 1. The largest absolute Gasteiger partial charge is 0.293 e. The Kier molecular flexibility index (Phi) is 3.79. The zero-order valence-corrected chi connectivity index (χ0v) is 14.1. The zero-order valence-electron chi connectivity index (χ0n) is 12.5. The van der Waals surface area contributed by atoms with E-state index >= 15 is 0 Å². The number of rotatable bonds is 4. The molecule has 3 heterocycles. The molecule has 0 unspecified atom stereocenters. The highest BCUT2D eigenvalue weighted by Crippen LogP contribution is 2.32. The summed E-state index contributed by atoms with van der Waals surface area (Å²) in [4.78, 5) is 0. The van der Waals surface area contributed by atoms with Gasteiger partial charge in [-0.1, -0.05) is 36.9 Å². The summed E-state index contributed by atoms with van der Waals surface area (Å²) in [5.41, 5.74) is 2.91. The van der Waals surface area contributed by atoms with Crippen molar-refractivity contribution >= 4 is 38.8 Å². The third-order valence-corrected chi connectivity index (χ3v) is 5.67. The van der Waals surface area contributed by atoms with E-state index in [4.69, 9.17) is 0 Å². The molecule has 0 radical (unpaired) electrons. The predicted molar refractivity (Wildman–Crippen MR) is 93.7 cm³/mol. The van der Waals surface area contributed by atoms with Crippen LogP contribution in [0.4, 0.5) is 4.39 Å². The molecule has 0 N–H and O–H groups in total. The first kappa shape index (κ1) is 14.7. The lowest BCUT2D eigenvalue weighted by molar-refractivity contribution is 0.617. The van der Waals surface area contributed by atoms with E-state index in [9.17, 15) is 4.39 Å². The number of aromatic nitrogens is 3. The minimum atomic E-state index is -0.175. The highest BCUT2D eigenvalue weighted by Gasteiger charge is 2.14. The Bertz CT molecular complexity index is 990. The molecule has 0 fully saturated rings. The van der Waals surface area contributed by atoms with E-state index in [2.05, 4.69) is 39.0 Å². The molecule has 23 heavy (non-hydrogen) atoms. The van der Waals surface area contributed by atoms with Gasteiger partial charge in [-0.3, -0.25) is 4.40 Å². The van der Waals surface area contributed by atoms with Crippen LogP contribution in [-0.4, -0.2) is 14.6 Å². The molecule has 4 rings (SSSR count). The lowest BCUT2D eigenvalue weighted by Gasteiger charge is -2.07. The summed E-state index contributed by atoms with van der Waals surface area (Å²) >= 11 is 3.24. The Balaban J connectivity index is 1.77. The monoisotopic (exact) mass is 343 g/mol. The van der Waals surface area contributed by atoms with E-state index in [0.29, 0.717) is 11.3 Å². The van der Waals surface area contributed by atoms with E-state index < -0.39 is 0 Å². The fourth-order valence-corrected chi connectivity index (χ4v) is 4.38. The first-order chi connectivity index (χ1) is 11.3. The van der Waals surface area contributed by atoms with Gasteiger partial charge in [0.05, 0.1) is 15.7 Å². The molecule has 0 amide bonds. The number of nitrogens with zero attached hydrogens (tertiary/aromatic N) is 3. The molecule has 0 saturated carbocycles. The number of thioether (sulfide) groups is 1. The molecule has 0 aliphatic heterocycles. The van der Waals surface area contributed by atoms with Crippen LogP contribution in [0.1, 0.15) is 18.3 Å². The van der Waals surface area contributed by atoms with Crippen molar-refractivity contribution in [3.63, 3.8) is 0 Å². The summed E-state index contributed by atoms with van der Waals surface area (Å²) in [6.07, 6.45) is 0.821. The van der Waals surface area contributed by atoms with Crippen LogP contribution in [0.3, 0.4) is 0 Å². The molecule has 1 aromatic carbocycles.